The van der Waals surface area contributed by atoms with Gasteiger partial charge in [0.1, 0.15) is 11.5 Å². The lowest BCUT2D eigenvalue weighted by atomic mass is 9.81. The SMILES string of the molecule is CCOC(=O)C(C)Oc1c(Cl)ccc(P(=O)(c2cc(C(C)(C)C)cc(C(C)(C)C)c2)c2cc(C(C)(C)C)cc(C(C)(C)C)c2)c1-c1c(P(=O)(c2cc(C(C)(C)C)cc(C(C)(C)C)c2)c2cc(C(C)(C)C)cc(C(C)(C)C)c2)ccc(Cl)c1OC(C)C(=O)OCC. The number of ether oxygens (including phenoxy) is 4. The van der Waals surface area contributed by atoms with Crippen LogP contribution in [0.5, 0.6) is 11.5 Å². The number of rotatable bonds is 15. The van der Waals surface area contributed by atoms with Crippen LogP contribution in [0.4, 0.5) is 0 Å². The zero-order valence-electron chi connectivity index (χ0n) is 59.7. The largest absolute Gasteiger partial charge is 0.477 e. The number of carbonyl (C=O) groups is 2. The summed E-state index contributed by atoms with van der Waals surface area (Å²) in [5, 5.41) is 2.62. The normalized spacial score (nSPS) is 14.1. The van der Waals surface area contributed by atoms with Crippen molar-refractivity contribution in [1.82, 2.24) is 0 Å². The number of esters is 2. The van der Waals surface area contributed by atoms with Gasteiger partial charge in [0.25, 0.3) is 0 Å². The molecule has 0 fully saturated rings. The standard InChI is InChI=1S/C78H106Cl2O8P2/c1-29-85-69(81)47(3)87-67-61(79)31-33-63(89(83,57-39-49(71(5,6)7)35-50(40-57)72(8,9)10)58-41-51(73(11,12)13)36-52(42-58)74(14,15)16)65(67)66-64(34-32-62(80)68(66)88-48(4)70(82)86-30-2)90(84,59-43-53(75(17,18)19)37-54(44-59)76(20,21)22)60-45-55(77(23,24)25)38-56(46-60)78(26,27)28/h31-48H,29-30H2,1-28H3. The van der Waals surface area contributed by atoms with Gasteiger partial charge in [0.05, 0.1) is 23.3 Å². The highest BCUT2D eigenvalue weighted by Gasteiger charge is 2.45. The van der Waals surface area contributed by atoms with Crippen LogP contribution in [-0.2, 0) is 71.5 Å². The van der Waals surface area contributed by atoms with Gasteiger partial charge in [0, 0.05) is 43.0 Å². The van der Waals surface area contributed by atoms with E-state index in [0.29, 0.717) is 21.2 Å². The zero-order valence-corrected chi connectivity index (χ0v) is 63.0. The maximum atomic E-state index is 19.0. The van der Waals surface area contributed by atoms with Crippen molar-refractivity contribution in [2.24, 2.45) is 0 Å². The van der Waals surface area contributed by atoms with Crippen molar-refractivity contribution in [1.29, 1.82) is 0 Å². The van der Waals surface area contributed by atoms with Crippen LogP contribution in [0.1, 0.15) is 238 Å². The third-order valence-electron chi connectivity index (χ3n) is 17.0. The lowest BCUT2D eigenvalue weighted by Gasteiger charge is -2.34. The van der Waals surface area contributed by atoms with Crippen LogP contribution >= 0.6 is 37.5 Å². The molecule has 0 spiro atoms. The quantitative estimate of drug-likeness (QED) is 0.0740. The Morgan fingerprint density at radius 3 is 0.711 bits per heavy atom. The molecule has 0 saturated carbocycles. The molecule has 12 heteroatoms. The highest BCUT2D eigenvalue weighted by atomic mass is 35.5. The van der Waals surface area contributed by atoms with Gasteiger partial charge in [-0.3, -0.25) is 0 Å². The van der Waals surface area contributed by atoms with E-state index in [0.717, 1.165) is 44.5 Å². The Morgan fingerprint density at radius 2 is 0.544 bits per heavy atom. The van der Waals surface area contributed by atoms with Gasteiger partial charge in [0.2, 0.25) is 0 Å². The molecule has 6 rings (SSSR count). The summed E-state index contributed by atoms with van der Waals surface area (Å²) in [4.78, 5) is 28.4. The van der Waals surface area contributed by atoms with Gasteiger partial charge in [-0.15, -0.1) is 0 Å². The van der Waals surface area contributed by atoms with Crippen LogP contribution in [-0.4, -0.2) is 37.4 Å². The van der Waals surface area contributed by atoms with E-state index < -0.39 is 81.8 Å². The van der Waals surface area contributed by atoms with E-state index in [-0.39, 0.29) is 56.5 Å². The Kier molecular flexibility index (Phi) is 21.4. The van der Waals surface area contributed by atoms with Crippen molar-refractivity contribution < 1.29 is 37.7 Å². The predicted octanol–water partition coefficient (Wildman–Crippen LogP) is 19.0. The van der Waals surface area contributed by atoms with E-state index >= 15 is 9.13 Å². The Hall–Kier alpha value is -5.10. The highest BCUT2D eigenvalue weighted by Crippen LogP contribution is 2.57. The van der Waals surface area contributed by atoms with E-state index in [1.54, 1.807) is 52.0 Å². The van der Waals surface area contributed by atoms with Crippen molar-refractivity contribution in [2.75, 3.05) is 13.2 Å². The summed E-state index contributed by atoms with van der Waals surface area (Å²) in [6, 6.07) is 32.3. The molecule has 6 aromatic carbocycles. The summed E-state index contributed by atoms with van der Waals surface area (Å²) >= 11 is 15.5. The van der Waals surface area contributed by atoms with Crippen LogP contribution < -0.4 is 41.3 Å². The summed E-state index contributed by atoms with van der Waals surface area (Å²) in [5.74, 6) is -1.50. The summed E-state index contributed by atoms with van der Waals surface area (Å²) in [6.07, 6.45) is -2.62. The number of carbonyl (C=O) groups excluding carboxylic acids is 2. The molecule has 0 heterocycles. The second-order valence-corrected chi connectivity index (χ2v) is 39.1. The molecule has 0 aliphatic carbocycles. The lowest BCUT2D eigenvalue weighted by Crippen LogP contribution is -2.35. The molecular weight excluding hydrogens is 1200 g/mol. The molecular formula is C78H106Cl2O8P2. The molecule has 0 N–H and O–H groups in total. The van der Waals surface area contributed by atoms with Crippen molar-refractivity contribution in [2.45, 2.75) is 249 Å². The van der Waals surface area contributed by atoms with Gasteiger partial charge in [0.15, 0.2) is 26.5 Å². The Balaban J connectivity index is 2.16. The first-order valence-corrected chi connectivity index (χ1v) is 36.2. The molecule has 8 nitrogen and oxygen atoms in total. The minimum atomic E-state index is -4.46. The molecule has 490 valence electrons. The van der Waals surface area contributed by atoms with E-state index in [2.05, 4.69) is 239 Å². The summed E-state index contributed by atoms with van der Waals surface area (Å²) < 4.78 is 63.6. The fourth-order valence-corrected chi connectivity index (χ4v) is 17.1. The summed E-state index contributed by atoms with van der Waals surface area (Å²) in [7, 11) is -8.92. The highest BCUT2D eigenvalue weighted by molar-refractivity contribution is 7.86. The number of halogens is 2. The molecule has 0 bridgehead atoms. The molecule has 0 radical (unpaired) electrons. The summed E-state index contributed by atoms with van der Waals surface area (Å²) in [5.41, 5.74) is 4.38. The first-order valence-electron chi connectivity index (χ1n) is 32.0. The predicted molar refractivity (Wildman–Crippen MR) is 384 cm³/mol. The first kappa shape index (κ1) is 73.9. The van der Waals surface area contributed by atoms with Gasteiger partial charge >= 0.3 is 11.9 Å². The van der Waals surface area contributed by atoms with Crippen molar-refractivity contribution in [3.8, 4) is 22.6 Å². The van der Waals surface area contributed by atoms with E-state index in [4.69, 9.17) is 42.1 Å². The minimum absolute atomic E-state index is 0.0359. The average Bonchev–Trinajstić information content (AvgIpc) is 0.719. The van der Waals surface area contributed by atoms with Crippen LogP contribution in [0.15, 0.2) is 97.1 Å². The third kappa shape index (κ3) is 15.9. The fraction of sp³-hybridized carbons (Fsp3) is 0.513. The molecule has 0 saturated heterocycles. The number of benzene rings is 6. The molecule has 6 aromatic rings. The van der Waals surface area contributed by atoms with Crippen LogP contribution in [0, 0.1) is 0 Å². The average molecular weight is 1300 g/mol. The third-order valence-corrected chi connectivity index (χ3v) is 23.6. The Morgan fingerprint density at radius 1 is 0.356 bits per heavy atom. The Labute approximate surface area is 552 Å². The molecule has 90 heavy (non-hydrogen) atoms. The maximum Gasteiger partial charge on any atom is 0.347 e. The van der Waals surface area contributed by atoms with E-state index in [1.807, 2.05) is 0 Å². The number of hydrogen-bond donors (Lipinski definition) is 0. The number of hydrogen-bond acceptors (Lipinski definition) is 8. The smallest absolute Gasteiger partial charge is 0.347 e. The van der Waals surface area contributed by atoms with Gasteiger partial charge in [-0.25, -0.2) is 9.59 Å². The molecule has 2 unspecified atom stereocenters. The molecule has 0 aliphatic rings. The van der Waals surface area contributed by atoms with E-state index in [1.165, 1.54) is 0 Å². The minimum Gasteiger partial charge on any atom is -0.477 e. The van der Waals surface area contributed by atoms with Crippen molar-refractivity contribution >= 4 is 81.3 Å². The van der Waals surface area contributed by atoms with Crippen LogP contribution in [0.3, 0.4) is 0 Å². The first-order chi connectivity index (χ1) is 40.8. The van der Waals surface area contributed by atoms with Crippen molar-refractivity contribution in [3.63, 3.8) is 0 Å². The molecule has 0 amide bonds. The topological polar surface area (TPSA) is 105 Å². The van der Waals surface area contributed by atoms with Crippen LogP contribution in [0.25, 0.3) is 11.1 Å². The molecule has 2 atom stereocenters. The monoisotopic (exact) mass is 1300 g/mol. The molecule has 0 aromatic heterocycles. The van der Waals surface area contributed by atoms with Gasteiger partial charge in [-0.1, -0.05) is 214 Å². The fourth-order valence-electron chi connectivity index (χ4n) is 10.8. The van der Waals surface area contributed by atoms with Crippen molar-refractivity contribution in [3.05, 3.63) is 152 Å². The Bertz CT molecular complexity index is 3240. The van der Waals surface area contributed by atoms with Gasteiger partial charge in [-0.2, -0.15) is 0 Å². The van der Waals surface area contributed by atoms with Gasteiger partial charge in [-0.05, 0) is 188 Å². The zero-order chi connectivity index (χ0) is 68.4. The van der Waals surface area contributed by atoms with E-state index in [9.17, 15) is 9.59 Å². The lowest BCUT2D eigenvalue weighted by molar-refractivity contribution is -0.151. The van der Waals surface area contributed by atoms with Gasteiger partial charge < -0.3 is 28.1 Å². The summed E-state index contributed by atoms with van der Waals surface area (Å²) in [6.45, 7) is 58.4. The second-order valence-electron chi connectivity index (χ2n) is 32.9. The molecule has 0 aliphatic heterocycles. The maximum absolute atomic E-state index is 19.0. The second kappa shape index (κ2) is 26.0. The van der Waals surface area contributed by atoms with Crippen LogP contribution in [0.2, 0.25) is 10.0 Å².